The Morgan fingerprint density at radius 2 is 1.59 bits per heavy atom. The summed E-state index contributed by atoms with van der Waals surface area (Å²) in [6.07, 6.45) is 0.227. The van der Waals surface area contributed by atoms with Gasteiger partial charge in [-0.2, -0.15) is 0 Å². The van der Waals surface area contributed by atoms with Gasteiger partial charge in [-0.1, -0.05) is 42.1 Å². The third-order valence-electron chi connectivity index (χ3n) is 5.67. The van der Waals surface area contributed by atoms with Gasteiger partial charge in [0.15, 0.2) is 0 Å². The van der Waals surface area contributed by atoms with Crippen LogP contribution in [-0.2, 0) is 9.59 Å². The predicted octanol–water partition coefficient (Wildman–Crippen LogP) is 5.29. The molecule has 4 rings (SSSR count). The molecule has 1 fully saturated rings. The summed E-state index contributed by atoms with van der Waals surface area (Å²) in [5.74, 6) is -0.766. The Labute approximate surface area is 203 Å². The largest absolute Gasteiger partial charge is 0.339 e. The normalized spacial score (nSPS) is 15.4. The van der Waals surface area contributed by atoms with Crippen LogP contribution in [0.15, 0.2) is 88.7 Å². The molecule has 0 aromatic heterocycles. The van der Waals surface area contributed by atoms with Crippen molar-refractivity contribution in [1.29, 1.82) is 0 Å². The van der Waals surface area contributed by atoms with Gasteiger partial charge < -0.3 is 15.5 Å². The summed E-state index contributed by atoms with van der Waals surface area (Å²) in [5, 5.41) is 5.85. The standard InChI is InChI=1S/C27H27N3O3S/c1-18(2)30-17-20(16-25(30)31)27(33)28-21-14-12-19(13-15-21)26(32)29-23-10-6-7-11-24(23)34-22-8-4-3-5-9-22/h3-15,18,20H,16-17H2,1-2H3,(H,28,33)(H,29,32). The first-order chi connectivity index (χ1) is 16.4. The van der Waals surface area contributed by atoms with Gasteiger partial charge in [0.1, 0.15) is 0 Å². The third kappa shape index (κ3) is 5.66. The molecule has 7 heteroatoms. The lowest BCUT2D eigenvalue weighted by Crippen LogP contribution is -2.33. The Morgan fingerprint density at radius 1 is 0.912 bits per heavy atom. The monoisotopic (exact) mass is 473 g/mol. The summed E-state index contributed by atoms with van der Waals surface area (Å²) in [4.78, 5) is 41.3. The van der Waals surface area contributed by atoms with E-state index in [-0.39, 0.29) is 36.1 Å². The number of para-hydroxylation sites is 1. The molecule has 1 unspecified atom stereocenters. The summed E-state index contributed by atoms with van der Waals surface area (Å²) in [5.41, 5.74) is 1.82. The van der Waals surface area contributed by atoms with Crippen LogP contribution in [0.2, 0.25) is 0 Å². The Balaban J connectivity index is 1.38. The van der Waals surface area contributed by atoms with Crippen LogP contribution in [0.25, 0.3) is 0 Å². The highest BCUT2D eigenvalue weighted by Gasteiger charge is 2.35. The van der Waals surface area contributed by atoms with Crippen molar-refractivity contribution in [3.63, 3.8) is 0 Å². The molecule has 3 amide bonds. The number of carbonyl (C=O) groups excluding carboxylic acids is 3. The van der Waals surface area contributed by atoms with Gasteiger partial charge in [0.05, 0.1) is 11.6 Å². The Bertz CT molecular complexity index is 1180. The van der Waals surface area contributed by atoms with Crippen molar-refractivity contribution in [3.05, 3.63) is 84.4 Å². The number of carbonyl (C=O) groups is 3. The number of likely N-dealkylation sites (tertiary alicyclic amines) is 1. The molecular formula is C27H27N3O3S. The molecule has 0 spiro atoms. The zero-order valence-corrected chi connectivity index (χ0v) is 20.0. The minimum absolute atomic E-state index is 0.00729. The van der Waals surface area contributed by atoms with E-state index in [0.717, 1.165) is 15.5 Å². The summed E-state index contributed by atoms with van der Waals surface area (Å²) in [7, 11) is 0. The SMILES string of the molecule is CC(C)N1CC(C(=O)Nc2ccc(C(=O)Nc3ccccc3Sc3ccccc3)cc2)CC1=O. The number of amides is 3. The van der Waals surface area contributed by atoms with Crippen molar-refractivity contribution in [2.24, 2.45) is 5.92 Å². The van der Waals surface area contributed by atoms with Crippen LogP contribution in [0.1, 0.15) is 30.6 Å². The van der Waals surface area contributed by atoms with Gasteiger partial charge in [0.2, 0.25) is 11.8 Å². The lowest BCUT2D eigenvalue weighted by atomic mass is 10.1. The first kappa shape index (κ1) is 23.6. The van der Waals surface area contributed by atoms with Crippen molar-refractivity contribution < 1.29 is 14.4 Å². The smallest absolute Gasteiger partial charge is 0.255 e. The van der Waals surface area contributed by atoms with Gasteiger partial charge in [-0.05, 0) is 62.4 Å². The summed E-state index contributed by atoms with van der Waals surface area (Å²) in [6, 6.07) is 24.5. The van der Waals surface area contributed by atoms with E-state index >= 15 is 0 Å². The highest BCUT2D eigenvalue weighted by molar-refractivity contribution is 7.99. The molecule has 0 radical (unpaired) electrons. The van der Waals surface area contributed by atoms with Gasteiger partial charge in [-0.3, -0.25) is 14.4 Å². The van der Waals surface area contributed by atoms with Gasteiger partial charge in [-0.15, -0.1) is 0 Å². The maximum absolute atomic E-state index is 12.8. The molecule has 3 aromatic rings. The zero-order chi connectivity index (χ0) is 24.1. The molecule has 0 bridgehead atoms. The molecule has 2 N–H and O–H groups in total. The van der Waals surface area contributed by atoms with E-state index < -0.39 is 0 Å². The van der Waals surface area contributed by atoms with E-state index in [4.69, 9.17) is 0 Å². The second kappa shape index (κ2) is 10.6. The molecule has 1 aliphatic heterocycles. The van der Waals surface area contributed by atoms with Crippen molar-refractivity contribution in [2.75, 3.05) is 17.2 Å². The van der Waals surface area contributed by atoms with Crippen LogP contribution < -0.4 is 10.6 Å². The lowest BCUT2D eigenvalue weighted by molar-refractivity contribution is -0.129. The molecule has 1 aliphatic rings. The van der Waals surface area contributed by atoms with Crippen LogP contribution >= 0.6 is 11.8 Å². The van der Waals surface area contributed by atoms with Crippen molar-refractivity contribution >= 4 is 40.9 Å². The minimum Gasteiger partial charge on any atom is -0.339 e. The van der Waals surface area contributed by atoms with Crippen molar-refractivity contribution in [2.45, 2.75) is 36.1 Å². The molecule has 34 heavy (non-hydrogen) atoms. The number of nitrogens with zero attached hydrogens (tertiary/aromatic N) is 1. The fourth-order valence-electron chi connectivity index (χ4n) is 3.82. The quantitative estimate of drug-likeness (QED) is 0.489. The maximum atomic E-state index is 12.8. The third-order valence-corrected chi connectivity index (χ3v) is 6.76. The molecule has 3 aromatic carbocycles. The van der Waals surface area contributed by atoms with Gasteiger partial charge in [0, 0.05) is 40.0 Å². The second-order valence-electron chi connectivity index (χ2n) is 8.47. The minimum atomic E-state index is -0.364. The van der Waals surface area contributed by atoms with Gasteiger partial charge in [0.25, 0.3) is 5.91 Å². The number of nitrogens with one attached hydrogen (secondary N) is 2. The Hall–Kier alpha value is -3.58. The first-order valence-electron chi connectivity index (χ1n) is 11.2. The van der Waals surface area contributed by atoms with E-state index in [1.807, 2.05) is 68.4 Å². The number of hydrogen-bond acceptors (Lipinski definition) is 4. The van der Waals surface area contributed by atoms with Crippen molar-refractivity contribution in [1.82, 2.24) is 4.90 Å². The van der Waals surface area contributed by atoms with E-state index in [2.05, 4.69) is 10.6 Å². The highest BCUT2D eigenvalue weighted by Crippen LogP contribution is 2.33. The fourth-order valence-corrected chi connectivity index (χ4v) is 4.75. The van der Waals surface area contributed by atoms with Crippen LogP contribution in [-0.4, -0.2) is 35.2 Å². The highest BCUT2D eigenvalue weighted by atomic mass is 32.2. The summed E-state index contributed by atoms with van der Waals surface area (Å²) >= 11 is 1.58. The van der Waals surface area contributed by atoms with Crippen LogP contribution in [0, 0.1) is 5.92 Å². The molecule has 1 atom stereocenters. The van der Waals surface area contributed by atoms with Crippen molar-refractivity contribution in [3.8, 4) is 0 Å². The first-order valence-corrected chi connectivity index (χ1v) is 12.1. The number of benzene rings is 3. The topological polar surface area (TPSA) is 78.5 Å². The molecule has 1 saturated heterocycles. The average Bonchev–Trinajstić information content (AvgIpc) is 3.23. The van der Waals surface area contributed by atoms with Gasteiger partial charge in [-0.25, -0.2) is 0 Å². The molecule has 0 aliphatic carbocycles. The maximum Gasteiger partial charge on any atom is 0.255 e. The Kier molecular flexibility index (Phi) is 7.33. The average molecular weight is 474 g/mol. The summed E-state index contributed by atoms with van der Waals surface area (Å²) < 4.78 is 0. The number of anilines is 2. The fraction of sp³-hybridized carbons (Fsp3) is 0.222. The zero-order valence-electron chi connectivity index (χ0n) is 19.2. The molecule has 1 heterocycles. The van der Waals surface area contributed by atoms with E-state index in [9.17, 15) is 14.4 Å². The summed E-state index contributed by atoms with van der Waals surface area (Å²) in [6.45, 7) is 4.32. The second-order valence-corrected chi connectivity index (χ2v) is 9.59. The Morgan fingerprint density at radius 3 is 2.26 bits per heavy atom. The van der Waals surface area contributed by atoms with E-state index in [1.165, 1.54) is 0 Å². The predicted molar refractivity (Wildman–Crippen MR) is 135 cm³/mol. The molecule has 0 saturated carbocycles. The van der Waals surface area contributed by atoms with Crippen LogP contribution in [0.5, 0.6) is 0 Å². The van der Waals surface area contributed by atoms with E-state index in [1.54, 1.807) is 40.9 Å². The van der Waals surface area contributed by atoms with E-state index in [0.29, 0.717) is 17.8 Å². The molecule has 174 valence electrons. The molecular weight excluding hydrogens is 446 g/mol. The van der Waals surface area contributed by atoms with Gasteiger partial charge >= 0.3 is 0 Å². The van der Waals surface area contributed by atoms with Crippen LogP contribution in [0.3, 0.4) is 0 Å². The van der Waals surface area contributed by atoms with Crippen LogP contribution in [0.4, 0.5) is 11.4 Å². The number of hydrogen-bond donors (Lipinski definition) is 2. The number of rotatable bonds is 7. The molecule has 6 nitrogen and oxygen atoms in total. The lowest BCUT2D eigenvalue weighted by Gasteiger charge is -2.20.